The lowest BCUT2D eigenvalue weighted by molar-refractivity contribution is 0.0911. The van der Waals surface area contributed by atoms with Gasteiger partial charge in [0, 0.05) is 6.42 Å². The van der Waals surface area contributed by atoms with Crippen molar-refractivity contribution in [2.75, 3.05) is 0 Å². The Morgan fingerprint density at radius 1 is 1.59 bits per heavy atom. The first-order valence-corrected chi connectivity index (χ1v) is 6.16. The molecule has 0 N–H and O–H groups in total. The van der Waals surface area contributed by atoms with Gasteiger partial charge in [0.2, 0.25) is 5.91 Å². The first-order valence-electron chi connectivity index (χ1n) is 4.94. The van der Waals surface area contributed by atoms with E-state index in [1.807, 2.05) is 0 Å². The zero-order valence-corrected chi connectivity index (χ0v) is 10.6. The number of thiazole rings is 1. The zero-order valence-electron chi connectivity index (χ0n) is 8.97. The minimum Gasteiger partial charge on any atom is -0.274 e. The van der Waals surface area contributed by atoms with Crippen LogP contribution in [0.5, 0.6) is 0 Å². The molecular formula is C11H8N2O2S2. The minimum absolute atomic E-state index is 0.218. The molecular weight excluding hydrogens is 256 g/mol. The summed E-state index contributed by atoms with van der Waals surface area (Å²) < 4.78 is 1.95. The van der Waals surface area contributed by atoms with E-state index < -0.39 is 0 Å². The summed E-state index contributed by atoms with van der Waals surface area (Å²) in [6, 6.07) is 5.16. The summed E-state index contributed by atoms with van der Waals surface area (Å²) in [5.41, 5.74) is 1.17. The molecule has 0 aliphatic carbocycles. The molecule has 17 heavy (non-hydrogen) atoms. The molecule has 2 aromatic rings. The standard InChI is InChI=1S/C11H8N2O2S2/c1-2-10(14)13-8-5-7(12-6-16)3-4-9(8)17-11(13)15/h3-5H,2H2,1H3. The molecule has 0 bridgehead atoms. The molecule has 1 aromatic carbocycles. The van der Waals surface area contributed by atoms with E-state index in [9.17, 15) is 9.59 Å². The molecule has 0 aliphatic heterocycles. The van der Waals surface area contributed by atoms with Crippen LogP contribution < -0.4 is 4.87 Å². The number of nitrogens with zero attached hydrogens (tertiary/aromatic N) is 2. The summed E-state index contributed by atoms with van der Waals surface area (Å²) in [4.78, 5) is 27.0. The number of hydrogen-bond acceptors (Lipinski definition) is 5. The third-order valence-corrected chi connectivity index (χ3v) is 3.30. The summed E-state index contributed by atoms with van der Waals surface area (Å²) in [7, 11) is 0. The van der Waals surface area contributed by atoms with E-state index in [-0.39, 0.29) is 17.2 Å². The number of carbonyl (C=O) groups excluding carboxylic acids is 1. The maximum Gasteiger partial charge on any atom is 0.314 e. The van der Waals surface area contributed by atoms with Crippen LogP contribution in [0.2, 0.25) is 0 Å². The van der Waals surface area contributed by atoms with E-state index in [0.29, 0.717) is 11.2 Å². The molecule has 0 spiro atoms. The van der Waals surface area contributed by atoms with E-state index in [4.69, 9.17) is 0 Å². The summed E-state index contributed by atoms with van der Waals surface area (Å²) >= 11 is 5.57. The lowest BCUT2D eigenvalue weighted by Crippen LogP contribution is -2.20. The molecule has 4 nitrogen and oxygen atoms in total. The van der Waals surface area contributed by atoms with Gasteiger partial charge in [-0.15, -0.1) is 0 Å². The van der Waals surface area contributed by atoms with Crippen LogP contribution in [0.25, 0.3) is 10.2 Å². The molecule has 0 unspecified atom stereocenters. The molecule has 0 saturated heterocycles. The van der Waals surface area contributed by atoms with Crippen LogP contribution in [0.4, 0.5) is 5.69 Å². The van der Waals surface area contributed by atoms with Crippen molar-refractivity contribution in [2.24, 2.45) is 4.99 Å². The second kappa shape index (κ2) is 4.71. The monoisotopic (exact) mass is 264 g/mol. The number of benzene rings is 1. The van der Waals surface area contributed by atoms with E-state index in [0.717, 1.165) is 16.0 Å². The van der Waals surface area contributed by atoms with Gasteiger partial charge in [-0.3, -0.25) is 9.59 Å². The largest absolute Gasteiger partial charge is 0.314 e. The van der Waals surface area contributed by atoms with Crippen molar-refractivity contribution in [3.05, 3.63) is 27.9 Å². The smallest absolute Gasteiger partial charge is 0.274 e. The Bertz CT molecular complexity index is 693. The Morgan fingerprint density at radius 2 is 2.35 bits per heavy atom. The lowest BCUT2D eigenvalue weighted by Gasteiger charge is -1.99. The van der Waals surface area contributed by atoms with Gasteiger partial charge >= 0.3 is 4.87 Å². The molecule has 0 aliphatic rings. The van der Waals surface area contributed by atoms with Gasteiger partial charge in [0.05, 0.1) is 21.1 Å². The lowest BCUT2D eigenvalue weighted by atomic mass is 10.3. The highest BCUT2D eigenvalue weighted by Gasteiger charge is 2.12. The number of isothiocyanates is 1. The van der Waals surface area contributed by atoms with Crippen LogP contribution in [-0.2, 0) is 0 Å². The fraction of sp³-hybridized carbons (Fsp3) is 0.182. The van der Waals surface area contributed by atoms with Crippen LogP contribution in [-0.4, -0.2) is 15.6 Å². The fourth-order valence-corrected chi connectivity index (χ4v) is 2.50. The van der Waals surface area contributed by atoms with Crippen LogP contribution in [0.15, 0.2) is 28.0 Å². The third-order valence-electron chi connectivity index (χ3n) is 2.29. The van der Waals surface area contributed by atoms with Gasteiger partial charge in [-0.2, -0.15) is 4.99 Å². The summed E-state index contributed by atoms with van der Waals surface area (Å²) in [6.07, 6.45) is 0.284. The molecule has 86 valence electrons. The maximum atomic E-state index is 11.7. The molecule has 1 heterocycles. The van der Waals surface area contributed by atoms with Gasteiger partial charge in [-0.1, -0.05) is 18.3 Å². The van der Waals surface area contributed by atoms with Crippen molar-refractivity contribution in [3.63, 3.8) is 0 Å². The molecule has 0 amide bonds. The Kier molecular flexibility index (Phi) is 3.28. The van der Waals surface area contributed by atoms with E-state index in [2.05, 4.69) is 22.4 Å². The maximum absolute atomic E-state index is 11.7. The SMILES string of the molecule is CCC(=O)n1c(=O)sc2ccc(N=C=S)cc21. The average Bonchev–Trinajstić information content (AvgIpc) is 2.64. The van der Waals surface area contributed by atoms with Gasteiger partial charge < -0.3 is 0 Å². The topological polar surface area (TPSA) is 51.4 Å². The van der Waals surface area contributed by atoms with E-state index in [1.54, 1.807) is 25.1 Å². The van der Waals surface area contributed by atoms with Crippen molar-refractivity contribution in [2.45, 2.75) is 13.3 Å². The van der Waals surface area contributed by atoms with Crippen molar-refractivity contribution in [3.8, 4) is 0 Å². The normalized spacial score (nSPS) is 10.2. The average molecular weight is 264 g/mol. The predicted octanol–water partition coefficient (Wildman–Crippen LogP) is 2.85. The van der Waals surface area contributed by atoms with Crippen LogP contribution in [0, 0.1) is 0 Å². The molecule has 0 atom stereocenters. The van der Waals surface area contributed by atoms with Crippen molar-refractivity contribution < 1.29 is 4.79 Å². The first-order chi connectivity index (χ1) is 8.17. The molecule has 6 heteroatoms. The first kappa shape index (κ1) is 11.9. The Balaban J connectivity index is 2.78. The van der Waals surface area contributed by atoms with Gasteiger partial charge in [0.15, 0.2) is 0 Å². The van der Waals surface area contributed by atoms with Gasteiger partial charge in [-0.05, 0) is 30.4 Å². The van der Waals surface area contributed by atoms with Crippen molar-refractivity contribution in [1.82, 2.24) is 4.57 Å². The predicted molar refractivity (Wildman–Crippen MR) is 71.7 cm³/mol. The zero-order chi connectivity index (χ0) is 12.4. The van der Waals surface area contributed by atoms with Gasteiger partial charge in [0.1, 0.15) is 0 Å². The Morgan fingerprint density at radius 3 is 3.00 bits per heavy atom. The molecule has 1 aromatic heterocycles. The number of fused-ring (bicyclic) bond motifs is 1. The second-order valence-corrected chi connectivity index (χ2v) is 4.48. The number of aliphatic imine (C=N–C) groups is 1. The van der Waals surface area contributed by atoms with Crippen LogP contribution in [0.3, 0.4) is 0 Å². The number of aromatic nitrogens is 1. The highest BCUT2D eigenvalue weighted by molar-refractivity contribution is 7.78. The number of thiocarbonyl (C=S) groups is 1. The highest BCUT2D eigenvalue weighted by atomic mass is 32.1. The van der Waals surface area contributed by atoms with Crippen LogP contribution >= 0.6 is 23.6 Å². The third kappa shape index (κ3) is 2.10. The summed E-state index contributed by atoms with van der Waals surface area (Å²) in [5.74, 6) is -0.218. The van der Waals surface area contributed by atoms with E-state index in [1.165, 1.54) is 4.57 Å². The number of rotatable bonds is 2. The molecule has 0 radical (unpaired) electrons. The van der Waals surface area contributed by atoms with Crippen molar-refractivity contribution in [1.29, 1.82) is 0 Å². The summed E-state index contributed by atoms with van der Waals surface area (Å²) in [5, 5.41) is 2.26. The molecule has 2 rings (SSSR count). The Hall–Kier alpha value is -1.62. The van der Waals surface area contributed by atoms with Crippen molar-refractivity contribution >= 4 is 50.5 Å². The number of carbonyl (C=O) groups is 1. The van der Waals surface area contributed by atoms with E-state index >= 15 is 0 Å². The second-order valence-electron chi connectivity index (χ2n) is 3.31. The summed E-state index contributed by atoms with van der Waals surface area (Å²) in [6.45, 7) is 1.72. The van der Waals surface area contributed by atoms with Gasteiger partial charge in [0.25, 0.3) is 0 Å². The number of hydrogen-bond donors (Lipinski definition) is 0. The van der Waals surface area contributed by atoms with Crippen LogP contribution in [0.1, 0.15) is 18.1 Å². The molecule has 0 fully saturated rings. The minimum atomic E-state index is -0.268. The fourth-order valence-electron chi connectivity index (χ4n) is 1.52. The quantitative estimate of drug-likeness (QED) is 0.619. The van der Waals surface area contributed by atoms with Gasteiger partial charge in [-0.25, -0.2) is 4.57 Å². The Labute approximate surface area is 106 Å². The molecule has 0 saturated carbocycles. The highest BCUT2D eigenvalue weighted by Crippen LogP contribution is 2.23.